The fraction of sp³-hybridized carbons (Fsp3) is 0.500. The summed E-state index contributed by atoms with van der Waals surface area (Å²) in [6, 6.07) is 7.64. The summed E-state index contributed by atoms with van der Waals surface area (Å²) >= 11 is 0. The second kappa shape index (κ2) is 3.76. The molecular weight excluding hydrogens is 210 g/mol. The van der Waals surface area contributed by atoms with Crippen molar-refractivity contribution in [1.82, 2.24) is 4.90 Å². The quantitative estimate of drug-likeness (QED) is 0.844. The average Bonchev–Trinajstić information content (AvgIpc) is 3.06. The van der Waals surface area contributed by atoms with Gasteiger partial charge < -0.3 is 10.6 Å². The van der Waals surface area contributed by atoms with Gasteiger partial charge in [0.15, 0.2) is 5.96 Å². The van der Waals surface area contributed by atoms with E-state index < -0.39 is 0 Å². The maximum atomic E-state index is 6.01. The van der Waals surface area contributed by atoms with Gasteiger partial charge in [0.2, 0.25) is 0 Å². The Hall–Kier alpha value is -1.51. The van der Waals surface area contributed by atoms with E-state index >= 15 is 0 Å². The third-order valence-electron chi connectivity index (χ3n) is 3.76. The number of benzene rings is 1. The minimum absolute atomic E-state index is 0.363. The van der Waals surface area contributed by atoms with E-state index in [1.807, 2.05) is 0 Å². The summed E-state index contributed by atoms with van der Waals surface area (Å²) in [5, 5.41) is 0. The third-order valence-corrected chi connectivity index (χ3v) is 3.76. The lowest BCUT2D eigenvalue weighted by atomic mass is 9.98. The van der Waals surface area contributed by atoms with Crippen molar-refractivity contribution in [2.45, 2.75) is 38.8 Å². The zero-order valence-electron chi connectivity index (χ0n) is 10.5. The molecule has 2 aliphatic rings. The lowest BCUT2D eigenvalue weighted by Gasteiger charge is -2.27. The lowest BCUT2D eigenvalue weighted by Crippen LogP contribution is -2.38. The van der Waals surface area contributed by atoms with Crippen molar-refractivity contribution in [3.05, 3.63) is 34.9 Å². The van der Waals surface area contributed by atoms with Gasteiger partial charge in [-0.2, -0.15) is 0 Å². The van der Waals surface area contributed by atoms with Gasteiger partial charge >= 0.3 is 0 Å². The number of guanidine groups is 1. The van der Waals surface area contributed by atoms with Crippen LogP contribution in [-0.4, -0.2) is 23.4 Å². The molecule has 1 aromatic rings. The number of nitrogens with zero attached hydrogens (tertiary/aromatic N) is 2. The molecule has 3 rings (SSSR count). The van der Waals surface area contributed by atoms with Crippen molar-refractivity contribution < 1.29 is 0 Å². The van der Waals surface area contributed by atoms with Crippen LogP contribution in [0.4, 0.5) is 0 Å². The van der Waals surface area contributed by atoms with Crippen LogP contribution in [0.5, 0.6) is 0 Å². The molecule has 1 unspecified atom stereocenters. The van der Waals surface area contributed by atoms with E-state index in [9.17, 15) is 0 Å². The van der Waals surface area contributed by atoms with Crippen molar-refractivity contribution in [3.8, 4) is 0 Å². The summed E-state index contributed by atoms with van der Waals surface area (Å²) in [7, 11) is 0. The SMILES string of the molecule is Cc1ccc(C)c(C2CN=C(N)N2C2CC2)c1. The predicted molar refractivity (Wildman–Crippen MR) is 70.0 cm³/mol. The topological polar surface area (TPSA) is 41.6 Å². The minimum Gasteiger partial charge on any atom is -0.370 e. The Morgan fingerprint density at radius 2 is 2.06 bits per heavy atom. The number of hydrogen-bond donors (Lipinski definition) is 1. The van der Waals surface area contributed by atoms with Crippen LogP contribution in [0, 0.1) is 13.8 Å². The van der Waals surface area contributed by atoms with Crippen LogP contribution in [0.1, 0.15) is 35.6 Å². The zero-order valence-corrected chi connectivity index (χ0v) is 10.5. The highest BCUT2D eigenvalue weighted by Gasteiger charge is 2.39. The molecule has 0 spiro atoms. The van der Waals surface area contributed by atoms with Crippen LogP contribution in [0.2, 0.25) is 0 Å². The van der Waals surface area contributed by atoms with Crippen LogP contribution in [-0.2, 0) is 0 Å². The van der Waals surface area contributed by atoms with Gasteiger partial charge in [0.25, 0.3) is 0 Å². The number of nitrogens with two attached hydrogens (primary N) is 1. The Kier molecular flexibility index (Phi) is 2.35. The Labute approximate surface area is 102 Å². The van der Waals surface area contributed by atoms with Gasteiger partial charge in [0.05, 0.1) is 12.6 Å². The second-order valence-corrected chi connectivity index (χ2v) is 5.21. The average molecular weight is 229 g/mol. The fourth-order valence-corrected chi connectivity index (χ4v) is 2.67. The van der Waals surface area contributed by atoms with E-state index in [2.05, 4.69) is 41.9 Å². The summed E-state index contributed by atoms with van der Waals surface area (Å²) in [4.78, 5) is 6.75. The molecule has 0 bridgehead atoms. The maximum Gasteiger partial charge on any atom is 0.192 e. The summed E-state index contributed by atoms with van der Waals surface area (Å²) in [5.74, 6) is 0.735. The summed E-state index contributed by atoms with van der Waals surface area (Å²) < 4.78 is 0. The first-order valence-corrected chi connectivity index (χ1v) is 6.32. The van der Waals surface area contributed by atoms with Crippen molar-refractivity contribution >= 4 is 5.96 Å². The molecule has 3 heteroatoms. The van der Waals surface area contributed by atoms with Crippen LogP contribution in [0.15, 0.2) is 23.2 Å². The van der Waals surface area contributed by atoms with Crippen LogP contribution < -0.4 is 5.73 Å². The second-order valence-electron chi connectivity index (χ2n) is 5.21. The molecule has 0 saturated heterocycles. The van der Waals surface area contributed by atoms with Crippen LogP contribution in [0.3, 0.4) is 0 Å². The molecule has 1 heterocycles. The van der Waals surface area contributed by atoms with Crippen LogP contribution in [0.25, 0.3) is 0 Å². The molecule has 1 aromatic carbocycles. The van der Waals surface area contributed by atoms with Gasteiger partial charge in [0.1, 0.15) is 0 Å². The molecule has 1 fully saturated rings. The molecule has 1 aliphatic carbocycles. The molecule has 1 aliphatic heterocycles. The lowest BCUT2D eigenvalue weighted by molar-refractivity contribution is 0.337. The number of aliphatic imine (C=N–C) groups is 1. The highest BCUT2D eigenvalue weighted by atomic mass is 15.4. The molecule has 0 amide bonds. The highest BCUT2D eigenvalue weighted by molar-refractivity contribution is 5.81. The molecule has 2 N–H and O–H groups in total. The summed E-state index contributed by atoms with van der Waals surface area (Å²) in [6.07, 6.45) is 2.52. The summed E-state index contributed by atoms with van der Waals surface area (Å²) in [6.45, 7) is 5.13. The molecule has 1 atom stereocenters. The summed E-state index contributed by atoms with van der Waals surface area (Å²) in [5.41, 5.74) is 10.1. The normalized spacial score (nSPS) is 24.0. The third kappa shape index (κ3) is 1.79. The first kappa shape index (κ1) is 10.6. The van der Waals surface area contributed by atoms with Crippen molar-refractivity contribution in [3.63, 3.8) is 0 Å². The van der Waals surface area contributed by atoms with Gasteiger partial charge in [-0.3, -0.25) is 4.99 Å². The molecule has 3 nitrogen and oxygen atoms in total. The van der Waals surface area contributed by atoms with Gasteiger partial charge in [0, 0.05) is 6.04 Å². The molecule has 1 saturated carbocycles. The highest BCUT2D eigenvalue weighted by Crippen LogP contribution is 2.38. The molecule has 90 valence electrons. The molecule has 17 heavy (non-hydrogen) atoms. The van der Waals surface area contributed by atoms with E-state index in [1.54, 1.807) is 0 Å². The smallest absolute Gasteiger partial charge is 0.192 e. The van der Waals surface area contributed by atoms with Gasteiger partial charge in [-0.15, -0.1) is 0 Å². The Balaban J connectivity index is 1.96. The molecule has 0 radical (unpaired) electrons. The number of hydrogen-bond acceptors (Lipinski definition) is 3. The van der Waals surface area contributed by atoms with E-state index in [0.29, 0.717) is 12.1 Å². The Bertz CT molecular complexity index is 474. The Morgan fingerprint density at radius 3 is 2.76 bits per heavy atom. The predicted octanol–water partition coefficient (Wildman–Crippen LogP) is 2.14. The van der Waals surface area contributed by atoms with Crippen molar-refractivity contribution in [2.75, 3.05) is 6.54 Å². The van der Waals surface area contributed by atoms with E-state index in [-0.39, 0.29) is 0 Å². The Morgan fingerprint density at radius 1 is 1.29 bits per heavy atom. The molecule has 0 aromatic heterocycles. The zero-order chi connectivity index (χ0) is 12.0. The van der Waals surface area contributed by atoms with Crippen molar-refractivity contribution in [1.29, 1.82) is 0 Å². The van der Waals surface area contributed by atoms with E-state index in [0.717, 1.165) is 12.5 Å². The maximum absolute atomic E-state index is 6.01. The number of aryl methyl sites for hydroxylation is 2. The van der Waals surface area contributed by atoms with Crippen LogP contribution >= 0.6 is 0 Å². The van der Waals surface area contributed by atoms with Gasteiger partial charge in [-0.05, 0) is 37.8 Å². The number of rotatable bonds is 2. The van der Waals surface area contributed by atoms with E-state index in [4.69, 9.17) is 5.73 Å². The first-order chi connectivity index (χ1) is 8.16. The minimum atomic E-state index is 0.363. The standard InChI is InChI=1S/C14H19N3/c1-9-3-4-10(2)12(7-9)13-8-16-14(15)17(13)11-5-6-11/h3-4,7,11,13H,5-6,8H2,1-2H3,(H2,15,16). The van der Waals surface area contributed by atoms with Gasteiger partial charge in [-0.1, -0.05) is 23.8 Å². The van der Waals surface area contributed by atoms with E-state index in [1.165, 1.54) is 29.5 Å². The molecular formula is C14H19N3. The van der Waals surface area contributed by atoms with Gasteiger partial charge in [-0.25, -0.2) is 0 Å². The fourth-order valence-electron chi connectivity index (χ4n) is 2.67. The first-order valence-electron chi connectivity index (χ1n) is 6.32. The largest absolute Gasteiger partial charge is 0.370 e. The van der Waals surface area contributed by atoms with Crippen molar-refractivity contribution in [2.24, 2.45) is 10.7 Å². The monoisotopic (exact) mass is 229 g/mol.